The molecule has 1 N–H and O–H groups in total. The minimum atomic E-state index is -3.85. The van der Waals surface area contributed by atoms with Gasteiger partial charge in [-0.15, -0.1) is 0 Å². The second-order valence-corrected chi connectivity index (χ2v) is 8.93. The van der Waals surface area contributed by atoms with Crippen LogP contribution in [0, 0.1) is 0 Å². The molecule has 0 aromatic carbocycles. The largest absolute Gasteiger partial charge is 0.267 e. The summed E-state index contributed by atoms with van der Waals surface area (Å²) in [5, 5.41) is -1.22. The van der Waals surface area contributed by atoms with Gasteiger partial charge in [0.2, 0.25) is 15.3 Å². The van der Waals surface area contributed by atoms with Gasteiger partial charge in [-0.05, 0) is 18.0 Å². The molecule has 106 valence electrons. The third-order valence-corrected chi connectivity index (χ3v) is 6.66. The highest BCUT2D eigenvalue weighted by atomic mass is 35.5. The number of anilines is 1. The fraction of sp³-hybridized carbons (Fsp3) is 0.500. The molecule has 2 rings (SSSR count). The third-order valence-electron chi connectivity index (χ3n) is 2.54. The predicted octanol–water partition coefficient (Wildman–Crippen LogP) is 0.712. The lowest BCUT2D eigenvalue weighted by Crippen LogP contribution is -2.29. The molecule has 0 saturated carbocycles. The normalized spacial score (nSPS) is 22.3. The molecule has 0 bridgehead atoms. The molecule has 1 atom stereocenters. The molecule has 0 spiro atoms. The number of sulfone groups is 1. The number of nitrogens with zero attached hydrogens (tertiary/aromatic N) is 2. The van der Waals surface area contributed by atoms with Crippen LogP contribution in [0.2, 0.25) is 10.4 Å². The van der Waals surface area contributed by atoms with Crippen molar-refractivity contribution in [2.75, 3.05) is 16.2 Å². The van der Waals surface area contributed by atoms with E-state index < -0.39 is 30.9 Å². The lowest BCUT2D eigenvalue weighted by Gasteiger charge is -2.11. The van der Waals surface area contributed by atoms with Gasteiger partial charge in [-0.1, -0.05) is 11.6 Å². The first-order chi connectivity index (χ1) is 8.68. The Kier molecular flexibility index (Phi) is 3.92. The van der Waals surface area contributed by atoms with E-state index in [1.807, 2.05) is 0 Å². The number of hydrogen-bond donors (Lipinski definition) is 1. The number of rotatable bonds is 3. The average Bonchev–Trinajstić information content (AvgIpc) is 2.57. The molecular weight excluding hydrogens is 337 g/mol. The van der Waals surface area contributed by atoms with Crippen LogP contribution < -0.4 is 4.72 Å². The van der Waals surface area contributed by atoms with Gasteiger partial charge in [-0.25, -0.2) is 21.8 Å². The fourth-order valence-corrected chi connectivity index (χ4v) is 6.11. The van der Waals surface area contributed by atoms with Crippen molar-refractivity contribution >= 4 is 48.9 Å². The Bertz CT molecular complexity index is 684. The Balaban J connectivity index is 2.22. The molecule has 1 aromatic rings. The van der Waals surface area contributed by atoms with Crippen molar-refractivity contribution in [1.82, 2.24) is 9.97 Å². The summed E-state index contributed by atoms with van der Waals surface area (Å²) >= 11 is 11.2. The van der Waals surface area contributed by atoms with Crippen LogP contribution in [-0.4, -0.2) is 43.6 Å². The van der Waals surface area contributed by atoms with Crippen LogP contribution in [0.15, 0.2) is 6.07 Å². The Hall–Kier alpha value is -0.640. The summed E-state index contributed by atoms with van der Waals surface area (Å²) in [7, 11) is -7.15. The molecule has 1 aromatic heterocycles. The van der Waals surface area contributed by atoms with E-state index in [4.69, 9.17) is 23.2 Å². The monoisotopic (exact) mass is 345 g/mol. The summed E-state index contributed by atoms with van der Waals surface area (Å²) in [5.41, 5.74) is 0. The van der Waals surface area contributed by atoms with Crippen molar-refractivity contribution in [1.29, 1.82) is 0 Å². The van der Waals surface area contributed by atoms with Gasteiger partial charge in [0.15, 0.2) is 9.84 Å². The van der Waals surface area contributed by atoms with Crippen LogP contribution in [-0.2, 0) is 19.9 Å². The summed E-state index contributed by atoms with van der Waals surface area (Å²) in [6.45, 7) is 0. The minimum absolute atomic E-state index is 0.0169. The average molecular weight is 346 g/mol. The van der Waals surface area contributed by atoms with Gasteiger partial charge in [-0.3, -0.25) is 4.72 Å². The molecule has 11 heteroatoms. The van der Waals surface area contributed by atoms with Crippen molar-refractivity contribution in [2.45, 2.75) is 11.7 Å². The summed E-state index contributed by atoms with van der Waals surface area (Å²) in [6, 6.07) is 1.19. The molecule has 1 saturated heterocycles. The highest BCUT2D eigenvalue weighted by Crippen LogP contribution is 2.22. The van der Waals surface area contributed by atoms with Gasteiger partial charge >= 0.3 is 0 Å². The zero-order valence-electron chi connectivity index (χ0n) is 9.38. The Morgan fingerprint density at radius 1 is 1.32 bits per heavy atom. The van der Waals surface area contributed by atoms with Crippen molar-refractivity contribution < 1.29 is 16.8 Å². The van der Waals surface area contributed by atoms with E-state index in [-0.39, 0.29) is 28.4 Å². The molecule has 19 heavy (non-hydrogen) atoms. The maximum atomic E-state index is 12.0. The molecule has 1 unspecified atom stereocenters. The second kappa shape index (κ2) is 5.04. The molecule has 0 aliphatic carbocycles. The van der Waals surface area contributed by atoms with Crippen LogP contribution in [0.25, 0.3) is 0 Å². The first-order valence-corrected chi connectivity index (χ1v) is 9.22. The van der Waals surface area contributed by atoms with Crippen LogP contribution in [0.5, 0.6) is 0 Å². The summed E-state index contributed by atoms with van der Waals surface area (Å²) in [4.78, 5) is 7.23. The highest BCUT2D eigenvalue weighted by molar-refractivity contribution is 7.97. The summed E-state index contributed by atoms with van der Waals surface area (Å²) < 4.78 is 48.7. The summed E-state index contributed by atoms with van der Waals surface area (Å²) in [6.07, 6.45) is 0.0597. The molecule has 1 aliphatic heterocycles. The topological polar surface area (TPSA) is 106 Å². The van der Waals surface area contributed by atoms with E-state index in [9.17, 15) is 16.8 Å². The molecule has 1 aliphatic rings. The molecule has 0 amide bonds. The van der Waals surface area contributed by atoms with E-state index >= 15 is 0 Å². The summed E-state index contributed by atoms with van der Waals surface area (Å²) in [5.74, 6) is -0.618. The zero-order valence-corrected chi connectivity index (χ0v) is 12.5. The second-order valence-electron chi connectivity index (χ2n) is 4.02. The Morgan fingerprint density at radius 2 is 2.00 bits per heavy atom. The van der Waals surface area contributed by atoms with Crippen molar-refractivity contribution in [2.24, 2.45) is 0 Å². The molecule has 7 nitrogen and oxygen atoms in total. The number of hydrogen-bond acceptors (Lipinski definition) is 6. The van der Waals surface area contributed by atoms with E-state index in [0.717, 1.165) is 0 Å². The maximum absolute atomic E-state index is 12.0. The van der Waals surface area contributed by atoms with Crippen molar-refractivity contribution in [3.05, 3.63) is 16.5 Å². The maximum Gasteiger partial charge on any atom is 0.237 e. The van der Waals surface area contributed by atoms with Gasteiger partial charge in [0.05, 0.1) is 16.8 Å². The first-order valence-electron chi connectivity index (χ1n) is 5.10. The van der Waals surface area contributed by atoms with E-state index in [2.05, 4.69) is 14.7 Å². The number of halogens is 2. The number of aromatic nitrogens is 2. The van der Waals surface area contributed by atoms with E-state index in [1.165, 1.54) is 6.07 Å². The molecule has 1 fully saturated rings. The van der Waals surface area contributed by atoms with Crippen LogP contribution in [0.4, 0.5) is 5.82 Å². The van der Waals surface area contributed by atoms with Gasteiger partial charge < -0.3 is 0 Å². The minimum Gasteiger partial charge on any atom is -0.267 e. The lowest BCUT2D eigenvalue weighted by atomic mass is 10.4. The predicted molar refractivity (Wildman–Crippen MR) is 71.7 cm³/mol. The Labute approximate surface area is 120 Å². The van der Waals surface area contributed by atoms with Crippen molar-refractivity contribution in [3.63, 3.8) is 0 Å². The highest BCUT2D eigenvalue weighted by Gasteiger charge is 2.37. The van der Waals surface area contributed by atoms with E-state index in [1.54, 1.807) is 0 Å². The standard InChI is InChI=1S/C8H9Cl2N3O4S2/c9-6-3-7(12-8(10)11-6)13-19(16,17)5-1-2-18(14,15)4-5/h3,5H,1-2,4H2,(H,11,12,13). The number of sulfonamides is 1. The molecule has 0 radical (unpaired) electrons. The van der Waals surface area contributed by atoms with Gasteiger partial charge in [-0.2, -0.15) is 4.98 Å². The van der Waals surface area contributed by atoms with E-state index in [0.29, 0.717) is 0 Å². The number of nitrogens with one attached hydrogen (secondary N) is 1. The van der Waals surface area contributed by atoms with Gasteiger partial charge in [0.1, 0.15) is 11.0 Å². The molecule has 2 heterocycles. The van der Waals surface area contributed by atoms with Crippen LogP contribution in [0.3, 0.4) is 0 Å². The van der Waals surface area contributed by atoms with Gasteiger partial charge in [0, 0.05) is 6.07 Å². The first kappa shape index (κ1) is 14.8. The Morgan fingerprint density at radius 3 is 2.53 bits per heavy atom. The third kappa shape index (κ3) is 3.68. The molecular formula is C8H9Cl2N3O4S2. The van der Waals surface area contributed by atoms with Gasteiger partial charge in [0.25, 0.3) is 0 Å². The fourth-order valence-electron chi connectivity index (χ4n) is 1.68. The quantitative estimate of drug-likeness (QED) is 0.638. The SMILES string of the molecule is O=S1(=O)CCC(S(=O)(=O)Nc2cc(Cl)nc(Cl)n2)C1. The van der Waals surface area contributed by atoms with Crippen LogP contribution in [0.1, 0.15) is 6.42 Å². The smallest absolute Gasteiger partial charge is 0.237 e. The zero-order chi connectivity index (χ0) is 14.3. The lowest BCUT2D eigenvalue weighted by molar-refractivity contribution is 0.587. The van der Waals surface area contributed by atoms with Crippen LogP contribution >= 0.6 is 23.2 Å². The van der Waals surface area contributed by atoms with Crippen molar-refractivity contribution in [3.8, 4) is 0 Å².